The number of aromatic nitrogens is 1. The second-order valence-electron chi connectivity index (χ2n) is 9.28. The molecule has 10 nitrogen and oxygen atoms in total. The minimum atomic E-state index is -0.838. The van der Waals surface area contributed by atoms with Crippen LogP contribution in [0.4, 0.5) is 4.79 Å². The van der Waals surface area contributed by atoms with Gasteiger partial charge in [-0.15, -0.1) is 0 Å². The molecule has 0 aliphatic rings. The summed E-state index contributed by atoms with van der Waals surface area (Å²) in [6, 6.07) is 16.3. The van der Waals surface area contributed by atoms with Crippen molar-refractivity contribution in [1.29, 1.82) is 0 Å². The molecular weight excluding hydrogens is 500 g/mol. The quantitative estimate of drug-likeness (QED) is 0.176. The number of hydrogen-bond acceptors (Lipinski definition) is 5. The van der Waals surface area contributed by atoms with Crippen molar-refractivity contribution in [2.45, 2.75) is 57.6 Å². The third-order valence-corrected chi connectivity index (χ3v) is 6.20. The third kappa shape index (κ3) is 10.5. The predicted molar refractivity (Wildman–Crippen MR) is 147 cm³/mol. The highest BCUT2D eigenvalue weighted by molar-refractivity contribution is 5.91. The monoisotopic (exact) mass is 536 g/mol. The highest BCUT2D eigenvalue weighted by atomic mass is 16.5. The Bertz CT molecular complexity index is 1230. The van der Waals surface area contributed by atoms with Gasteiger partial charge in [0.2, 0.25) is 11.8 Å². The van der Waals surface area contributed by atoms with E-state index in [9.17, 15) is 19.2 Å². The van der Waals surface area contributed by atoms with Crippen molar-refractivity contribution in [3.63, 3.8) is 0 Å². The molecule has 0 unspecified atom stereocenters. The molecule has 1 aromatic heterocycles. The number of H-pyrrole nitrogens is 1. The maximum Gasteiger partial charge on any atom is 0.407 e. The fourth-order valence-corrected chi connectivity index (χ4v) is 4.15. The number of ether oxygens (including phenoxy) is 1. The molecule has 3 amide bonds. The number of carbonyl (C=O) groups excluding carboxylic acids is 3. The smallest absolute Gasteiger partial charge is 0.407 e. The standard InChI is InChI=1S/C29H36N4O6/c34-26(18-22-19-32-24-13-7-6-12-23(22)24)33-25(28(37)30-16-8-2-5-15-27(35)36)14-9-17-31-29(38)39-20-21-10-3-1-4-11-21/h1,3-4,6-7,10-13,19,25,32H,2,5,8-9,14-18,20H2,(H,30,37)(H,31,38)(H,33,34)(H,35,36)/t25-/m0/s1. The topological polar surface area (TPSA) is 150 Å². The minimum Gasteiger partial charge on any atom is -0.481 e. The second-order valence-corrected chi connectivity index (χ2v) is 9.28. The molecule has 39 heavy (non-hydrogen) atoms. The summed E-state index contributed by atoms with van der Waals surface area (Å²) >= 11 is 0. The number of amides is 3. The molecule has 2 aromatic carbocycles. The lowest BCUT2D eigenvalue weighted by molar-refractivity contribution is -0.137. The summed E-state index contributed by atoms with van der Waals surface area (Å²) in [5.74, 6) is -1.43. The number of aromatic amines is 1. The molecule has 5 N–H and O–H groups in total. The number of aliphatic carboxylic acids is 1. The van der Waals surface area contributed by atoms with Crippen LogP contribution in [0.5, 0.6) is 0 Å². The van der Waals surface area contributed by atoms with Gasteiger partial charge in [0.1, 0.15) is 12.6 Å². The number of unbranched alkanes of at least 4 members (excludes halogenated alkanes) is 2. The number of carbonyl (C=O) groups is 4. The lowest BCUT2D eigenvalue weighted by atomic mass is 10.1. The minimum absolute atomic E-state index is 0.0985. The molecule has 1 atom stereocenters. The number of rotatable bonds is 16. The van der Waals surface area contributed by atoms with Crippen molar-refractivity contribution < 1.29 is 29.0 Å². The van der Waals surface area contributed by atoms with Gasteiger partial charge in [0, 0.05) is 36.6 Å². The van der Waals surface area contributed by atoms with Gasteiger partial charge in [-0.05, 0) is 42.9 Å². The third-order valence-electron chi connectivity index (χ3n) is 6.20. The van der Waals surface area contributed by atoms with Gasteiger partial charge in [-0.2, -0.15) is 0 Å². The van der Waals surface area contributed by atoms with E-state index in [1.165, 1.54) is 0 Å². The Kier molecular flexibility index (Phi) is 11.8. The van der Waals surface area contributed by atoms with Crippen LogP contribution in [0.1, 0.15) is 49.7 Å². The van der Waals surface area contributed by atoms with Crippen molar-refractivity contribution in [3.05, 3.63) is 71.9 Å². The van der Waals surface area contributed by atoms with Gasteiger partial charge in [-0.3, -0.25) is 14.4 Å². The van der Waals surface area contributed by atoms with Crippen LogP contribution in [0, 0.1) is 0 Å². The molecule has 0 fully saturated rings. The Labute approximate surface area is 227 Å². The fraction of sp³-hybridized carbons (Fsp3) is 0.379. The molecule has 1 heterocycles. The van der Waals surface area contributed by atoms with Crippen LogP contribution < -0.4 is 16.0 Å². The average Bonchev–Trinajstić information content (AvgIpc) is 3.34. The van der Waals surface area contributed by atoms with E-state index in [0.29, 0.717) is 38.6 Å². The highest BCUT2D eigenvalue weighted by Crippen LogP contribution is 2.18. The molecule has 10 heteroatoms. The first kappa shape index (κ1) is 29.2. The number of alkyl carbamates (subject to hydrolysis) is 1. The summed E-state index contributed by atoms with van der Waals surface area (Å²) in [5, 5.41) is 18.0. The zero-order chi connectivity index (χ0) is 27.9. The van der Waals surface area contributed by atoms with Crippen LogP contribution in [-0.4, -0.2) is 53.1 Å². The number of fused-ring (bicyclic) bond motifs is 1. The van der Waals surface area contributed by atoms with E-state index in [1.807, 2.05) is 54.6 Å². The van der Waals surface area contributed by atoms with Gasteiger partial charge >= 0.3 is 12.1 Å². The summed E-state index contributed by atoms with van der Waals surface area (Å²) in [4.78, 5) is 51.5. The van der Waals surface area contributed by atoms with E-state index in [4.69, 9.17) is 9.84 Å². The normalized spacial score (nSPS) is 11.5. The maximum absolute atomic E-state index is 12.9. The van der Waals surface area contributed by atoms with E-state index in [0.717, 1.165) is 22.0 Å². The van der Waals surface area contributed by atoms with Crippen LogP contribution in [0.15, 0.2) is 60.8 Å². The lowest BCUT2D eigenvalue weighted by Gasteiger charge is -2.19. The number of carboxylic acid groups (broad SMARTS) is 1. The van der Waals surface area contributed by atoms with E-state index in [1.54, 1.807) is 6.20 Å². The van der Waals surface area contributed by atoms with Crippen LogP contribution in [-0.2, 0) is 32.1 Å². The molecule has 3 aromatic rings. The Hall–Kier alpha value is -4.34. The summed E-state index contributed by atoms with van der Waals surface area (Å²) in [6.07, 6.45) is 4.10. The van der Waals surface area contributed by atoms with Crippen LogP contribution in [0.25, 0.3) is 10.9 Å². The molecule has 0 saturated carbocycles. The molecule has 0 spiro atoms. The van der Waals surface area contributed by atoms with Crippen molar-refractivity contribution in [2.75, 3.05) is 13.1 Å². The molecule has 3 rings (SSSR count). The molecule has 0 radical (unpaired) electrons. The van der Waals surface area contributed by atoms with Crippen LogP contribution in [0.3, 0.4) is 0 Å². The van der Waals surface area contributed by atoms with Gasteiger partial charge in [0.15, 0.2) is 0 Å². The van der Waals surface area contributed by atoms with Crippen molar-refractivity contribution in [1.82, 2.24) is 20.9 Å². The number of hydrogen-bond donors (Lipinski definition) is 5. The van der Waals surface area contributed by atoms with Gasteiger partial charge < -0.3 is 30.8 Å². The molecule has 0 saturated heterocycles. The van der Waals surface area contributed by atoms with E-state index in [-0.39, 0.29) is 37.8 Å². The van der Waals surface area contributed by atoms with Crippen molar-refractivity contribution >= 4 is 34.8 Å². The number of para-hydroxylation sites is 1. The Morgan fingerprint density at radius 2 is 1.62 bits per heavy atom. The van der Waals surface area contributed by atoms with Gasteiger partial charge in [-0.25, -0.2) is 4.79 Å². The summed E-state index contributed by atoms with van der Waals surface area (Å²) in [6.45, 7) is 0.830. The van der Waals surface area contributed by atoms with E-state index >= 15 is 0 Å². The van der Waals surface area contributed by atoms with Gasteiger partial charge in [-0.1, -0.05) is 55.0 Å². The Morgan fingerprint density at radius 1 is 0.872 bits per heavy atom. The molecule has 208 valence electrons. The molecule has 0 aliphatic heterocycles. The molecule has 0 aliphatic carbocycles. The number of nitrogens with one attached hydrogen (secondary N) is 4. The number of carboxylic acids is 1. The summed E-state index contributed by atoms with van der Waals surface area (Å²) in [7, 11) is 0. The molecule has 0 bridgehead atoms. The first-order valence-electron chi connectivity index (χ1n) is 13.2. The summed E-state index contributed by atoms with van der Waals surface area (Å²) in [5.41, 5.74) is 2.65. The largest absolute Gasteiger partial charge is 0.481 e. The lowest BCUT2D eigenvalue weighted by Crippen LogP contribution is -2.47. The van der Waals surface area contributed by atoms with Crippen molar-refractivity contribution in [2.24, 2.45) is 0 Å². The van der Waals surface area contributed by atoms with E-state index < -0.39 is 18.1 Å². The molecular formula is C29H36N4O6. The zero-order valence-electron chi connectivity index (χ0n) is 21.9. The van der Waals surface area contributed by atoms with Gasteiger partial charge in [0.25, 0.3) is 0 Å². The predicted octanol–water partition coefficient (Wildman–Crippen LogP) is 3.66. The average molecular weight is 537 g/mol. The highest BCUT2D eigenvalue weighted by Gasteiger charge is 2.21. The summed E-state index contributed by atoms with van der Waals surface area (Å²) < 4.78 is 5.20. The first-order valence-corrected chi connectivity index (χ1v) is 13.2. The zero-order valence-corrected chi connectivity index (χ0v) is 21.9. The Morgan fingerprint density at radius 3 is 2.41 bits per heavy atom. The number of benzene rings is 2. The van der Waals surface area contributed by atoms with Crippen molar-refractivity contribution in [3.8, 4) is 0 Å². The van der Waals surface area contributed by atoms with Gasteiger partial charge in [0.05, 0.1) is 6.42 Å². The second kappa shape index (κ2) is 15.8. The van der Waals surface area contributed by atoms with Crippen LogP contribution >= 0.6 is 0 Å². The SMILES string of the molecule is O=C(O)CCCCCNC(=O)[C@H](CCCNC(=O)OCc1ccccc1)NC(=O)Cc1c[nH]c2ccccc12. The van der Waals surface area contributed by atoms with E-state index in [2.05, 4.69) is 20.9 Å². The fourth-order valence-electron chi connectivity index (χ4n) is 4.15. The Balaban J connectivity index is 1.47. The maximum atomic E-state index is 12.9. The first-order chi connectivity index (χ1) is 18.9. The van der Waals surface area contributed by atoms with Crippen LogP contribution in [0.2, 0.25) is 0 Å².